The number of nitrogens with one attached hydrogen (secondary N) is 1. The number of piperidine rings is 1. The van der Waals surface area contributed by atoms with E-state index in [1.165, 1.54) is 23.3 Å². The van der Waals surface area contributed by atoms with E-state index in [1.807, 2.05) is 19.1 Å². The summed E-state index contributed by atoms with van der Waals surface area (Å²) in [5, 5.41) is 12.9. The molecule has 0 spiro atoms. The van der Waals surface area contributed by atoms with Gasteiger partial charge in [-0.05, 0) is 43.9 Å². The smallest absolute Gasteiger partial charge is 0.235 e. The first-order valence-corrected chi connectivity index (χ1v) is 10.5. The second kappa shape index (κ2) is 8.79. The second-order valence-corrected chi connectivity index (χ2v) is 7.94. The maximum Gasteiger partial charge on any atom is 0.235 e. The van der Waals surface area contributed by atoms with Gasteiger partial charge in [-0.1, -0.05) is 30.9 Å². The molecule has 2 aromatic carbocycles. The molecule has 1 saturated heterocycles. The van der Waals surface area contributed by atoms with Crippen LogP contribution in [0.4, 0.5) is 0 Å². The van der Waals surface area contributed by atoms with Crippen LogP contribution in [0, 0.1) is 5.92 Å². The summed E-state index contributed by atoms with van der Waals surface area (Å²) >= 11 is 0. The Balaban J connectivity index is 1.67. The van der Waals surface area contributed by atoms with E-state index in [0.29, 0.717) is 41.2 Å². The Morgan fingerprint density at radius 3 is 2.57 bits per heavy atom. The first-order valence-electron chi connectivity index (χ1n) is 10.5. The van der Waals surface area contributed by atoms with Gasteiger partial charge < -0.3 is 23.9 Å². The molecule has 1 aliphatic heterocycles. The van der Waals surface area contributed by atoms with Crippen LogP contribution in [-0.4, -0.2) is 19.7 Å². The molecule has 3 aromatic rings. The van der Waals surface area contributed by atoms with Crippen LogP contribution in [0.3, 0.4) is 0 Å². The van der Waals surface area contributed by atoms with Gasteiger partial charge in [-0.3, -0.25) is 4.79 Å². The Bertz CT molecular complexity index is 1080. The van der Waals surface area contributed by atoms with E-state index < -0.39 is 0 Å². The van der Waals surface area contributed by atoms with Crippen molar-refractivity contribution in [1.82, 2.24) is 0 Å². The van der Waals surface area contributed by atoms with Crippen LogP contribution in [0.1, 0.15) is 32.3 Å². The minimum Gasteiger partial charge on any atom is -0.872 e. The average Bonchev–Trinajstić information content (AvgIpc) is 2.75. The summed E-state index contributed by atoms with van der Waals surface area (Å²) in [5.74, 6) is 1.70. The highest BCUT2D eigenvalue weighted by Gasteiger charge is 2.22. The summed E-state index contributed by atoms with van der Waals surface area (Å²) in [6, 6.07) is 10.2. The fourth-order valence-corrected chi connectivity index (χ4v) is 3.98. The SMILES string of the molecule is CCOc1ccccc1Oc1coc2c(C[NH+]3CCC(C)CC3)c([O-])ccc2c1=O. The maximum atomic E-state index is 13.1. The van der Waals surface area contributed by atoms with Crippen LogP contribution in [0.5, 0.6) is 23.0 Å². The molecule has 30 heavy (non-hydrogen) atoms. The quantitative estimate of drug-likeness (QED) is 0.678. The van der Waals surface area contributed by atoms with Crippen LogP contribution in [0.15, 0.2) is 51.9 Å². The van der Waals surface area contributed by atoms with Crippen LogP contribution >= 0.6 is 0 Å². The summed E-state index contributed by atoms with van der Waals surface area (Å²) in [7, 11) is 0. The van der Waals surface area contributed by atoms with E-state index in [0.717, 1.165) is 31.8 Å². The lowest BCUT2D eigenvalue weighted by Gasteiger charge is -2.28. The van der Waals surface area contributed by atoms with Gasteiger partial charge >= 0.3 is 0 Å². The van der Waals surface area contributed by atoms with E-state index in [2.05, 4.69) is 6.92 Å². The minimum absolute atomic E-state index is 0.0680. The summed E-state index contributed by atoms with van der Waals surface area (Å²) in [5.41, 5.74) is 0.630. The summed E-state index contributed by atoms with van der Waals surface area (Å²) in [6.45, 7) is 7.25. The first kappa shape index (κ1) is 20.3. The molecule has 0 bridgehead atoms. The molecule has 1 N–H and O–H groups in total. The lowest BCUT2D eigenvalue weighted by molar-refractivity contribution is -0.919. The normalized spacial score (nSPS) is 19.0. The second-order valence-electron chi connectivity index (χ2n) is 7.94. The third-order valence-corrected chi connectivity index (χ3v) is 5.75. The molecule has 4 rings (SSSR count). The molecular weight excluding hydrogens is 382 g/mol. The molecule has 1 fully saturated rings. The minimum atomic E-state index is -0.300. The predicted octanol–water partition coefficient (Wildman–Crippen LogP) is 2.87. The van der Waals surface area contributed by atoms with Gasteiger partial charge in [0.25, 0.3) is 0 Å². The van der Waals surface area contributed by atoms with Gasteiger partial charge in [-0.15, -0.1) is 0 Å². The van der Waals surface area contributed by atoms with Crippen molar-refractivity contribution in [3.8, 4) is 23.0 Å². The van der Waals surface area contributed by atoms with Crippen molar-refractivity contribution in [1.29, 1.82) is 0 Å². The maximum absolute atomic E-state index is 13.1. The Morgan fingerprint density at radius 1 is 1.10 bits per heavy atom. The third kappa shape index (κ3) is 4.14. The fraction of sp³-hybridized carbons (Fsp3) is 0.375. The van der Waals surface area contributed by atoms with Crippen molar-refractivity contribution < 1.29 is 23.9 Å². The molecule has 1 aromatic heterocycles. The zero-order chi connectivity index (χ0) is 21.1. The number of para-hydroxylation sites is 2. The lowest BCUT2D eigenvalue weighted by Crippen LogP contribution is -3.11. The van der Waals surface area contributed by atoms with Gasteiger partial charge in [0.15, 0.2) is 11.5 Å². The molecule has 1 aliphatic rings. The number of hydrogen-bond donors (Lipinski definition) is 1. The topological polar surface area (TPSA) is 76.2 Å². The van der Waals surface area contributed by atoms with Gasteiger partial charge in [0.05, 0.1) is 25.1 Å². The van der Waals surface area contributed by atoms with Gasteiger partial charge in [-0.25, -0.2) is 0 Å². The van der Waals surface area contributed by atoms with Crippen molar-refractivity contribution in [2.24, 2.45) is 5.92 Å². The number of fused-ring (bicyclic) bond motifs is 1. The highest BCUT2D eigenvalue weighted by Crippen LogP contribution is 2.31. The predicted molar refractivity (Wildman–Crippen MR) is 112 cm³/mol. The van der Waals surface area contributed by atoms with Gasteiger partial charge in [0.2, 0.25) is 11.2 Å². The number of ether oxygens (including phenoxy) is 2. The monoisotopic (exact) mass is 409 g/mol. The van der Waals surface area contributed by atoms with Crippen LogP contribution in [0.2, 0.25) is 0 Å². The Labute approximate surface area is 175 Å². The van der Waals surface area contributed by atoms with Gasteiger partial charge in [0.1, 0.15) is 18.4 Å². The molecule has 0 amide bonds. The fourth-order valence-electron chi connectivity index (χ4n) is 3.98. The van der Waals surface area contributed by atoms with Crippen molar-refractivity contribution in [3.05, 3.63) is 58.4 Å². The molecule has 0 saturated carbocycles. The lowest BCUT2D eigenvalue weighted by atomic mass is 9.98. The number of rotatable bonds is 6. The van der Waals surface area contributed by atoms with Gasteiger partial charge in [-0.2, -0.15) is 0 Å². The van der Waals surface area contributed by atoms with Gasteiger partial charge in [0, 0.05) is 5.56 Å². The van der Waals surface area contributed by atoms with E-state index in [9.17, 15) is 9.90 Å². The Morgan fingerprint density at radius 2 is 1.83 bits per heavy atom. The third-order valence-electron chi connectivity index (χ3n) is 5.75. The molecule has 0 unspecified atom stereocenters. The number of likely N-dealkylation sites (tertiary alicyclic amines) is 1. The summed E-state index contributed by atoms with van der Waals surface area (Å²) in [6.07, 6.45) is 3.59. The van der Waals surface area contributed by atoms with Crippen molar-refractivity contribution in [2.45, 2.75) is 33.2 Å². The molecule has 158 valence electrons. The molecule has 0 aliphatic carbocycles. The first-order chi connectivity index (χ1) is 14.6. The number of hydrogen-bond acceptors (Lipinski definition) is 5. The molecular formula is C24H27NO5. The van der Waals surface area contributed by atoms with Crippen molar-refractivity contribution in [2.75, 3.05) is 19.7 Å². The Hall–Kier alpha value is -2.99. The van der Waals surface area contributed by atoms with Crippen molar-refractivity contribution >= 4 is 11.0 Å². The molecule has 2 heterocycles. The van der Waals surface area contributed by atoms with Crippen LogP contribution in [0.25, 0.3) is 11.0 Å². The highest BCUT2D eigenvalue weighted by atomic mass is 16.5. The van der Waals surface area contributed by atoms with E-state index in [1.54, 1.807) is 12.1 Å². The van der Waals surface area contributed by atoms with Crippen LogP contribution in [-0.2, 0) is 6.54 Å². The molecule has 0 radical (unpaired) electrons. The standard InChI is InChI=1S/C24H27NO5/c1-3-28-20-6-4-5-7-21(20)30-22-15-29-24-17(23(22)27)8-9-19(26)18(24)14-25-12-10-16(2)11-13-25/h4-9,15-16,26H,3,10-14H2,1-2H3. The summed E-state index contributed by atoms with van der Waals surface area (Å²) < 4.78 is 17.2. The molecule has 6 nitrogen and oxygen atoms in total. The van der Waals surface area contributed by atoms with Crippen LogP contribution < -0.4 is 24.9 Å². The highest BCUT2D eigenvalue weighted by molar-refractivity contribution is 5.82. The van der Waals surface area contributed by atoms with Crippen molar-refractivity contribution in [3.63, 3.8) is 0 Å². The zero-order valence-corrected chi connectivity index (χ0v) is 17.4. The number of benzene rings is 2. The van der Waals surface area contributed by atoms with E-state index >= 15 is 0 Å². The molecule has 0 atom stereocenters. The van der Waals surface area contributed by atoms with E-state index in [-0.39, 0.29) is 16.9 Å². The Kier molecular flexibility index (Phi) is 5.95. The zero-order valence-electron chi connectivity index (χ0n) is 17.4. The average molecular weight is 409 g/mol. The molecule has 6 heteroatoms. The summed E-state index contributed by atoms with van der Waals surface area (Å²) in [4.78, 5) is 14.4. The number of quaternary nitrogens is 1. The largest absolute Gasteiger partial charge is 0.872 e. The van der Waals surface area contributed by atoms with E-state index in [4.69, 9.17) is 13.9 Å².